The van der Waals surface area contributed by atoms with Crippen LogP contribution in [0.25, 0.3) is 0 Å². The second kappa shape index (κ2) is 12.5. The molecule has 0 amide bonds. The van der Waals surface area contributed by atoms with Crippen molar-refractivity contribution in [1.82, 2.24) is 0 Å². The van der Waals surface area contributed by atoms with E-state index < -0.39 is 27.8 Å². The zero-order chi connectivity index (χ0) is 22.0. The summed E-state index contributed by atoms with van der Waals surface area (Å²) < 4.78 is 87.4. The van der Waals surface area contributed by atoms with Crippen LogP contribution in [0, 0.1) is 0 Å². The van der Waals surface area contributed by atoms with E-state index in [1.54, 1.807) is 18.2 Å². The predicted molar refractivity (Wildman–Crippen MR) is 122 cm³/mol. The van der Waals surface area contributed by atoms with Gasteiger partial charge in [-0.15, -0.1) is 0 Å². The molecule has 0 bridgehead atoms. The van der Waals surface area contributed by atoms with E-state index in [2.05, 4.69) is 0 Å². The third-order valence-corrected chi connectivity index (χ3v) is 7.34. The van der Waals surface area contributed by atoms with Crippen LogP contribution in [0.1, 0.15) is 0 Å². The summed E-state index contributed by atoms with van der Waals surface area (Å²) in [5.74, 6) is 0.00767. The summed E-state index contributed by atoms with van der Waals surface area (Å²) in [6, 6.07) is 17.0. The van der Waals surface area contributed by atoms with Gasteiger partial charge in [0.25, 0.3) is 20.2 Å². The van der Waals surface area contributed by atoms with Gasteiger partial charge in [-0.2, -0.15) is 16.8 Å². The molecular formula is C18H17K2O9PS2. The van der Waals surface area contributed by atoms with Crippen molar-refractivity contribution < 1.29 is 39.6 Å². The van der Waals surface area contributed by atoms with Crippen LogP contribution in [0.4, 0.5) is 0 Å². The van der Waals surface area contributed by atoms with E-state index in [9.17, 15) is 21.4 Å². The second-order valence-corrected chi connectivity index (χ2v) is 10.6. The summed E-state index contributed by atoms with van der Waals surface area (Å²) in [6.45, 7) is 0. The van der Waals surface area contributed by atoms with E-state index in [0.29, 0.717) is 0 Å². The Balaban J connectivity index is 0.00000256. The van der Waals surface area contributed by atoms with Gasteiger partial charge in [-0.3, -0.25) is 9.11 Å². The van der Waals surface area contributed by atoms with Gasteiger partial charge in [0.1, 0.15) is 11.5 Å². The summed E-state index contributed by atoms with van der Waals surface area (Å²) in [6.07, 6.45) is 0. The molecule has 0 saturated heterocycles. The third-order valence-electron chi connectivity index (χ3n) is 3.77. The van der Waals surface area contributed by atoms with Crippen molar-refractivity contribution in [1.29, 1.82) is 0 Å². The Morgan fingerprint density at radius 3 is 1.25 bits per heavy atom. The van der Waals surface area contributed by atoms with E-state index >= 15 is 0 Å². The molecule has 2 N–H and O–H groups in total. The number of rotatable bonds is 7. The van der Waals surface area contributed by atoms with E-state index in [4.69, 9.17) is 18.2 Å². The van der Waals surface area contributed by atoms with Crippen molar-refractivity contribution in [3.63, 3.8) is 0 Å². The van der Waals surface area contributed by atoms with E-state index in [1.807, 2.05) is 0 Å². The number of hydrogen-bond acceptors (Lipinski definition) is 7. The molecule has 3 rings (SSSR count). The normalized spacial score (nSPS) is 11.6. The summed E-state index contributed by atoms with van der Waals surface area (Å²) >= 11 is 0. The topological polar surface area (TPSA) is 144 Å². The zero-order valence-corrected chi connectivity index (χ0v) is 17.5. The fourth-order valence-electron chi connectivity index (χ4n) is 2.36. The summed E-state index contributed by atoms with van der Waals surface area (Å²) in [4.78, 5) is -0.739. The molecule has 0 aliphatic rings. The van der Waals surface area contributed by atoms with Gasteiger partial charge in [0, 0.05) is 0 Å². The van der Waals surface area contributed by atoms with Gasteiger partial charge in [-0.1, -0.05) is 18.2 Å². The molecule has 0 radical (unpaired) electrons. The van der Waals surface area contributed by atoms with Crippen molar-refractivity contribution >= 4 is 136 Å². The molecule has 14 heteroatoms. The van der Waals surface area contributed by atoms with E-state index in [0.717, 1.165) is 24.3 Å². The monoisotopic (exact) mass is 550 g/mol. The van der Waals surface area contributed by atoms with Gasteiger partial charge in [-0.05, 0) is 60.7 Å². The Morgan fingerprint density at radius 2 is 0.938 bits per heavy atom. The Hall–Kier alpha value is 0.583. The van der Waals surface area contributed by atoms with Crippen LogP contribution in [-0.2, 0) is 24.8 Å². The molecule has 0 saturated carbocycles. The first-order valence-corrected chi connectivity index (χ1v) is 12.6. The number of hydrogen-bond donors (Lipinski definition) is 2. The maximum atomic E-state index is 13.5. The third kappa shape index (κ3) is 8.36. The van der Waals surface area contributed by atoms with Gasteiger partial charge < -0.3 is 9.05 Å². The molecule has 9 nitrogen and oxygen atoms in total. The summed E-state index contributed by atoms with van der Waals surface area (Å²) in [7, 11) is -12.9. The van der Waals surface area contributed by atoms with Crippen LogP contribution in [0.3, 0.4) is 0 Å². The molecule has 0 aromatic heterocycles. The van der Waals surface area contributed by atoms with Crippen molar-refractivity contribution in [2.45, 2.75) is 9.79 Å². The number of benzene rings is 3. The first kappa shape index (κ1) is 30.6. The first-order chi connectivity index (χ1) is 14.0. The Bertz CT molecular complexity index is 1220. The molecule has 0 aliphatic heterocycles. The first-order valence-electron chi connectivity index (χ1n) is 8.17. The van der Waals surface area contributed by atoms with Gasteiger partial charge in [0.05, 0.1) is 15.1 Å². The molecule has 0 heterocycles. The second-order valence-electron chi connectivity index (χ2n) is 5.91. The molecule has 32 heavy (non-hydrogen) atoms. The van der Waals surface area contributed by atoms with Crippen molar-refractivity contribution in [3.8, 4) is 11.5 Å². The van der Waals surface area contributed by atoms with Gasteiger partial charge in [-0.25, -0.2) is 4.57 Å². The van der Waals surface area contributed by atoms with Crippen LogP contribution >= 0.6 is 7.60 Å². The molecular weight excluding hydrogens is 533 g/mol. The van der Waals surface area contributed by atoms with Crippen molar-refractivity contribution in [3.05, 3.63) is 78.9 Å². The van der Waals surface area contributed by atoms with Gasteiger partial charge >= 0.3 is 110 Å². The predicted octanol–water partition coefficient (Wildman–Crippen LogP) is 1.86. The molecule has 3 aromatic carbocycles. The molecule has 0 unspecified atom stereocenters. The Labute approximate surface area is 270 Å². The minimum absolute atomic E-state index is 0. The van der Waals surface area contributed by atoms with Crippen molar-refractivity contribution in [2.75, 3.05) is 0 Å². The molecule has 3 aromatic rings. The van der Waals surface area contributed by atoms with Gasteiger partial charge in [0.2, 0.25) is 0 Å². The molecule has 0 spiro atoms. The molecule has 0 fully saturated rings. The van der Waals surface area contributed by atoms with Crippen LogP contribution in [-0.4, -0.2) is 129 Å². The standard InChI is InChI=1S/C18H15O9PS2.2K.2H/c19-28(16-4-2-1-3-5-16,26-14-6-10-17(11-7-14)29(20,21)22)27-15-8-12-18(13-9-15)30(23,24)25;;;;/h1-13H,(H,20,21,22)(H,23,24,25);;;;. The average Bonchev–Trinajstić information content (AvgIpc) is 2.68. The maximum absolute atomic E-state index is 13.5. The summed E-state index contributed by atoms with van der Waals surface area (Å²) in [5.41, 5.74) is 0. The van der Waals surface area contributed by atoms with Crippen molar-refractivity contribution in [2.24, 2.45) is 0 Å². The molecule has 0 atom stereocenters. The van der Waals surface area contributed by atoms with Gasteiger partial charge in [0.15, 0.2) is 0 Å². The van der Waals surface area contributed by atoms with Crippen LogP contribution in [0.15, 0.2) is 88.7 Å². The van der Waals surface area contributed by atoms with Crippen LogP contribution < -0.4 is 14.4 Å². The van der Waals surface area contributed by atoms with E-state index in [-0.39, 0.29) is 129 Å². The Morgan fingerprint density at radius 1 is 0.594 bits per heavy atom. The fourth-order valence-corrected chi connectivity index (χ4v) is 4.90. The molecule has 0 aliphatic carbocycles. The Kier molecular flexibility index (Phi) is 12.0. The van der Waals surface area contributed by atoms with Crippen LogP contribution in [0.2, 0.25) is 0 Å². The summed E-state index contributed by atoms with van der Waals surface area (Å²) in [5, 5.41) is 0.183. The minimum atomic E-state index is -4.41. The van der Waals surface area contributed by atoms with E-state index in [1.165, 1.54) is 36.4 Å². The molecule has 162 valence electrons. The SMILES string of the molecule is O=P(Oc1ccc(S(=O)(=O)O)cc1)(Oc1ccc(S(=O)(=O)O)cc1)c1ccccc1.[KH].[KH]. The average molecular weight is 551 g/mol. The fraction of sp³-hybridized carbons (Fsp3) is 0. The zero-order valence-electron chi connectivity index (χ0n) is 15.0. The van der Waals surface area contributed by atoms with Crippen LogP contribution in [0.5, 0.6) is 11.5 Å². The quantitative estimate of drug-likeness (QED) is 0.256.